The van der Waals surface area contributed by atoms with Gasteiger partial charge in [0.25, 0.3) is 0 Å². The van der Waals surface area contributed by atoms with Crippen molar-refractivity contribution in [3.05, 3.63) is 103 Å². The molecule has 2 aromatic carbocycles. The van der Waals surface area contributed by atoms with E-state index in [-0.39, 0.29) is 0 Å². The third kappa shape index (κ3) is 3.86. The van der Waals surface area contributed by atoms with Gasteiger partial charge in [0.1, 0.15) is 25.5 Å². The first kappa shape index (κ1) is 15.0. The summed E-state index contributed by atoms with van der Waals surface area (Å²) in [4.78, 5) is 0. The molecule has 2 nitrogen and oxygen atoms in total. The van der Waals surface area contributed by atoms with E-state index in [2.05, 4.69) is 89.5 Å². The lowest BCUT2D eigenvalue weighted by Gasteiger charge is -2.00. The molecule has 0 atom stereocenters. The van der Waals surface area contributed by atoms with Crippen LogP contribution in [0.3, 0.4) is 0 Å². The van der Waals surface area contributed by atoms with Crippen molar-refractivity contribution < 1.29 is 4.57 Å². The number of rotatable bonds is 6. The van der Waals surface area contributed by atoms with Gasteiger partial charge < -0.3 is 0 Å². The van der Waals surface area contributed by atoms with Gasteiger partial charge in [-0.15, -0.1) is 0 Å². The van der Waals surface area contributed by atoms with E-state index in [0.29, 0.717) is 0 Å². The minimum absolute atomic E-state index is 0.875. The van der Waals surface area contributed by atoms with E-state index in [0.717, 1.165) is 24.2 Å². The van der Waals surface area contributed by atoms with Gasteiger partial charge in [0.2, 0.25) is 6.33 Å². The highest BCUT2D eigenvalue weighted by atomic mass is 15.1. The van der Waals surface area contributed by atoms with E-state index in [1.807, 2.05) is 12.2 Å². The van der Waals surface area contributed by atoms with E-state index in [1.165, 1.54) is 11.1 Å². The van der Waals surface area contributed by atoms with E-state index in [1.54, 1.807) is 0 Å². The Labute approximate surface area is 137 Å². The van der Waals surface area contributed by atoms with Gasteiger partial charge in [-0.2, -0.15) is 0 Å². The van der Waals surface area contributed by atoms with Crippen molar-refractivity contribution in [3.8, 4) is 0 Å². The Kier molecular flexibility index (Phi) is 4.53. The van der Waals surface area contributed by atoms with E-state index < -0.39 is 0 Å². The predicted molar refractivity (Wildman–Crippen MR) is 95.9 cm³/mol. The van der Waals surface area contributed by atoms with Crippen LogP contribution >= 0.6 is 0 Å². The standard InChI is InChI=1S/C21H21N2/c1-3-18-5-9-20(10-6-18)15-22-13-14-23(17-22)16-21-11-7-19(4-2)8-12-21/h3-14,17H,1-2,15-16H2/q+1. The Hall–Kier alpha value is -2.87. The van der Waals surface area contributed by atoms with Crippen LogP contribution in [0.5, 0.6) is 0 Å². The van der Waals surface area contributed by atoms with Crippen LogP contribution in [0.25, 0.3) is 12.2 Å². The third-order valence-corrected chi connectivity index (χ3v) is 3.91. The molecule has 0 amide bonds. The second-order valence-electron chi connectivity index (χ2n) is 5.65. The van der Waals surface area contributed by atoms with Crippen molar-refractivity contribution >= 4 is 12.2 Å². The van der Waals surface area contributed by atoms with Crippen molar-refractivity contribution in [3.63, 3.8) is 0 Å². The fraction of sp³-hybridized carbons (Fsp3) is 0.0952. The fourth-order valence-corrected chi connectivity index (χ4v) is 2.57. The molecular weight excluding hydrogens is 280 g/mol. The van der Waals surface area contributed by atoms with Crippen LogP contribution in [0.4, 0.5) is 0 Å². The summed E-state index contributed by atoms with van der Waals surface area (Å²) in [5, 5.41) is 0. The maximum absolute atomic E-state index is 3.78. The zero-order valence-electron chi connectivity index (χ0n) is 13.2. The Morgan fingerprint density at radius 1 is 0.826 bits per heavy atom. The van der Waals surface area contributed by atoms with Crippen LogP contribution in [0, 0.1) is 0 Å². The lowest BCUT2D eigenvalue weighted by Crippen LogP contribution is -2.31. The van der Waals surface area contributed by atoms with Gasteiger partial charge in [-0.1, -0.05) is 73.8 Å². The molecule has 1 heterocycles. The molecule has 3 aromatic rings. The average Bonchev–Trinajstić information content (AvgIpc) is 3.03. The minimum atomic E-state index is 0.875. The highest BCUT2D eigenvalue weighted by molar-refractivity contribution is 5.47. The second kappa shape index (κ2) is 6.93. The van der Waals surface area contributed by atoms with Crippen molar-refractivity contribution in [2.75, 3.05) is 0 Å². The van der Waals surface area contributed by atoms with E-state index in [4.69, 9.17) is 0 Å². The Morgan fingerprint density at radius 2 is 1.39 bits per heavy atom. The molecule has 0 aliphatic carbocycles. The van der Waals surface area contributed by atoms with Crippen molar-refractivity contribution in [2.45, 2.75) is 13.1 Å². The first-order chi connectivity index (χ1) is 11.3. The summed E-state index contributed by atoms with van der Waals surface area (Å²) in [6.07, 6.45) is 10.1. The Bertz CT molecular complexity index is 725. The molecule has 2 heteroatoms. The zero-order valence-corrected chi connectivity index (χ0v) is 13.2. The van der Waals surface area contributed by atoms with Gasteiger partial charge in [0.05, 0.1) is 0 Å². The molecule has 0 spiro atoms. The number of imidazole rings is 1. The number of hydrogen-bond acceptors (Lipinski definition) is 0. The van der Waals surface area contributed by atoms with Gasteiger partial charge >= 0.3 is 0 Å². The summed E-state index contributed by atoms with van der Waals surface area (Å²) >= 11 is 0. The Balaban J connectivity index is 1.66. The average molecular weight is 301 g/mol. The Morgan fingerprint density at radius 3 is 1.96 bits per heavy atom. The minimum Gasteiger partial charge on any atom is -0.233 e. The number of benzene rings is 2. The molecule has 114 valence electrons. The molecular formula is C21H21N2+. The SMILES string of the molecule is C=Cc1ccc(Cn2cc[n+](Cc3ccc(C=C)cc3)c2)cc1. The van der Waals surface area contributed by atoms with Gasteiger partial charge in [-0.3, -0.25) is 0 Å². The number of nitrogens with zero attached hydrogens (tertiary/aromatic N) is 2. The number of hydrogen-bond donors (Lipinski definition) is 0. The number of aromatic nitrogens is 2. The van der Waals surface area contributed by atoms with Crippen molar-refractivity contribution in [1.82, 2.24) is 4.57 Å². The van der Waals surface area contributed by atoms with Crippen LogP contribution in [-0.2, 0) is 13.1 Å². The van der Waals surface area contributed by atoms with Crippen LogP contribution in [-0.4, -0.2) is 4.57 Å². The molecule has 0 unspecified atom stereocenters. The zero-order chi connectivity index (χ0) is 16.1. The highest BCUT2D eigenvalue weighted by Crippen LogP contribution is 2.08. The monoisotopic (exact) mass is 301 g/mol. The summed E-state index contributed by atoms with van der Waals surface area (Å²) < 4.78 is 4.39. The maximum Gasteiger partial charge on any atom is 0.244 e. The van der Waals surface area contributed by atoms with E-state index in [9.17, 15) is 0 Å². The second-order valence-corrected chi connectivity index (χ2v) is 5.65. The molecule has 0 fully saturated rings. The van der Waals surface area contributed by atoms with Crippen LogP contribution in [0.15, 0.2) is 80.4 Å². The van der Waals surface area contributed by atoms with Gasteiger partial charge in [0.15, 0.2) is 0 Å². The highest BCUT2D eigenvalue weighted by Gasteiger charge is 2.05. The molecule has 3 rings (SSSR count). The normalized spacial score (nSPS) is 10.4. The molecule has 0 aliphatic heterocycles. The summed E-state index contributed by atoms with van der Waals surface area (Å²) in [6, 6.07) is 17.0. The largest absolute Gasteiger partial charge is 0.244 e. The molecule has 0 bridgehead atoms. The van der Waals surface area contributed by atoms with Crippen LogP contribution in [0.1, 0.15) is 22.3 Å². The molecule has 0 radical (unpaired) electrons. The first-order valence-electron chi connectivity index (χ1n) is 7.74. The lowest BCUT2D eigenvalue weighted by molar-refractivity contribution is -0.687. The van der Waals surface area contributed by atoms with E-state index >= 15 is 0 Å². The molecule has 1 aromatic heterocycles. The fourth-order valence-electron chi connectivity index (χ4n) is 2.57. The lowest BCUT2D eigenvalue weighted by atomic mass is 10.1. The molecule has 0 saturated heterocycles. The topological polar surface area (TPSA) is 8.81 Å². The third-order valence-electron chi connectivity index (χ3n) is 3.91. The van der Waals surface area contributed by atoms with Gasteiger partial charge in [-0.05, 0) is 22.3 Å². The smallest absolute Gasteiger partial charge is 0.233 e. The summed E-state index contributed by atoms with van der Waals surface area (Å²) in [6.45, 7) is 9.32. The molecule has 0 saturated carbocycles. The van der Waals surface area contributed by atoms with Gasteiger partial charge in [-0.25, -0.2) is 9.13 Å². The molecule has 23 heavy (non-hydrogen) atoms. The maximum atomic E-state index is 3.78. The van der Waals surface area contributed by atoms with Crippen molar-refractivity contribution in [2.24, 2.45) is 0 Å². The van der Waals surface area contributed by atoms with Crippen LogP contribution in [0.2, 0.25) is 0 Å². The quantitative estimate of drug-likeness (QED) is 0.605. The van der Waals surface area contributed by atoms with Gasteiger partial charge in [0, 0.05) is 0 Å². The first-order valence-corrected chi connectivity index (χ1v) is 7.74. The molecule has 0 N–H and O–H groups in total. The van der Waals surface area contributed by atoms with Crippen LogP contribution < -0.4 is 4.57 Å². The summed E-state index contributed by atoms with van der Waals surface area (Å²) in [5.41, 5.74) is 4.88. The summed E-state index contributed by atoms with van der Waals surface area (Å²) in [5.74, 6) is 0. The summed E-state index contributed by atoms with van der Waals surface area (Å²) in [7, 11) is 0. The molecule has 0 aliphatic rings. The predicted octanol–water partition coefficient (Wildman–Crippen LogP) is 4.16. The van der Waals surface area contributed by atoms with Crippen molar-refractivity contribution in [1.29, 1.82) is 0 Å².